The fraction of sp³-hybridized carbons (Fsp3) is 0.250. The Balaban J connectivity index is 1.91. The number of alkyl halides is 1. The van der Waals surface area contributed by atoms with Crippen molar-refractivity contribution in [3.8, 4) is 0 Å². The van der Waals surface area contributed by atoms with Crippen molar-refractivity contribution in [1.82, 2.24) is 20.3 Å². The minimum absolute atomic E-state index is 0.110. The zero-order chi connectivity index (χ0) is 12.8. The summed E-state index contributed by atoms with van der Waals surface area (Å²) < 4.78 is 13.4. The summed E-state index contributed by atoms with van der Waals surface area (Å²) in [5.74, 6) is -0.316. The summed E-state index contributed by atoms with van der Waals surface area (Å²) in [7, 11) is 0. The Morgan fingerprint density at radius 3 is 2.83 bits per heavy atom. The molecular weight excluding hydrogens is 235 g/mol. The van der Waals surface area contributed by atoms with Crippen LogP contribution in [0.3, 0.4) is 0 Å². The highest BCUT2D eigenvalue weighted by molar-refractivity contribution is 5.91. The van der Waals surface area contributed by atoms with Crippen LogP contribution in [-0.4, -0.2) is 27.6 Å². The van der Waals surface area contributed by atoms with Crippen LogP contribution in [0.1, 0.15) is 16.1 Å². The van der Waals surface area contributed by atoms with Crippen molar-refractivity contribution in [1.29, 1.82) is 0 Å². The smallest absolute Gasteiger partial charge is 0.273 e. The quantitative estimate of drug-likeness (QED) is 0.864. The third kappa shape index (κ3) is 3.13. The molecule has 0 aliphatic carbocycles. The lowest BCUT2D eigenvalue weighted by molar-refractivity contribution is 0.0946. The second kappa shape index (κ2) is 5.90. The zero-order valence-electron chi connectivity index (χ0n) is 9.71. The number of aromatic nitrogens is 3. The van der Waals surface area contributed by atoms with Crippen molar-refractivity contribution in [2.75, 3.05) is 6.67 Å². The van der Waals surface area contributed by atoms with Crippen LogP contribution in [0.2, 0.25) is 0 Å². The summed E-state index contributed by atoms with van der Waals surface area (Å²) in [6.07, 6.45) is 1.43. The van der Waals surface area contributed by atoms with Gasteiger partial charge in [0.2, 0.25) is 0 Å². The van der Waals surface area contributed by atoms with Crippen LogP contribution in [0.25, 0.3) is 0 Å². The van der Waals surface area contributed by atoms with Crippen LogP contribution >= 0.6 is 0 Å². The maximum Gasteiger partial charge on any atom is 0.273 e. The second-order valence-corrected chi connectivity index (χ2v) is 3.72. The Morgan fingerprint density at radius 2 is 2.11 bits per heavy atom. The average molecular weight is 248 g/mol. The van der Waals surface area contributed by atoms with Gasteiger partial charge < -0.3 is 5.32 Å². The molecule has 0 radical (unpaired) electrons. The molecule has 2 aromatic rings. The Morgan fingerprint density at radius 1 is 1.33 bits per heavy atom. The molecule has 0 unspecified atom stereocenters. The standard InChI is InChI=1S/C12H13FN4O/c13-6-7-17-9-11(15-16-17)12(18)14-8-10-4-2-1-3-5-10/h1-5,9H,6-8H2,(H,14,18). The lowest BCUT2D eigenvalue weighted by atomic mass is 10.2. The number of benzene rings is 1. The van der Waals surface area contributed by atoms with Gasteiger partial charge in [-0.3, -0.25) is 4.79 Å². The molecule has 94 valence electrons. The van der Waals surface area contributed by atoms with E-state index in [-0.39, 0.29) is 18.1 Å². The SMILES string of the molecule is O=C(NCc1ccccc1)c1cn(CCF)nn1. The topological polar surface area (TPSA) is 59.8 Å². The van der Waals surface area contributed by atoms with E-state index in [1.54, 1.807) is 0 Å². The molecule has 1 aromatic carbocycles. The van der Waals surface area contributed by atoms with E-state index in [2.05, 4.69) is 15.6 Å². The molecule has 1 heterocycles. The first kappa shape index (κ1) is 12.2. The molecule has 0 spiro atoms. The van der Waals surface area contributed by atoms with Crippen molar-refractivity contribution in [3.05, 3.63) is 47.8 Å². The van der Waals surface area contributed by atoms with Crippen LogP contribution in [0.4, 0.5) is 4.39 Å². The highest BCUT2D eigenvalue weighted by Gasteiger charge is 2.09. The third-order valence-corrected chi connectivity index (χ3v) is 2.38. The van der Waals surface area contributed by atoms with Crippen LogP contribution in [0.5, 0.6) is 0 Å². The van der Waals surface area contributed by atoms with Crippen molar-refractivity contribution < 1.29 is 9.18 Å². The Hall–Kier alpha value is -2.24. The van der Waals surface area contributed by atoms with Gasteiger partial charge in [-0.05, 0) is 5.56 Å². The predicted molar refractivity (Wildman–Crippen MR) is 63.6 cm³/mol. The summed E-state index contributed by atoms with van der Waals surface area (Å²) in [5.41, 5.74) is 1.20. The Labute approximate surface area is 104 Å². The van der Waals surface area contributed by atoms with E-state index in [0.717, 1.165) is 5.56 Å². The predicted octanol–water partition coefficient (Wildman–Crippen LogP) is 1.18. The summed E-state index contributed by atoms with van der Waals surface area (Å²) in [6.45, 7) is 0.00302. The minimum atomic E-state index is -0.533. The highest BCUT2D eigenvalue weighted by atomic mass is 19.1. The average Bonchev–Trinajstić information content (AvgIpc) is 2.86. The number of rotatable bonds is 5. The number of carbonyl (C=O) groups excluding carboxylic acids is 1. The number of carbonyl (C=O) groups is 1. The molecule has 1 amide bonds. The normalized spacial score (nSPS) is 10.3. The van der Waals surface area contributed by atoms with E-state index in [0.29, 0.717) is 6.54 Å². The number of nitrogens with one attached hydrogen (secondary N) is 1. The zero-order valence-corrected chi connectivity index (χ0v) is 9.71. The van der Waals surface area contributed by atoms with E-state index in [1.165, 1.54) is 10.9 Å². The summed E-state index contributed by atoms with van der Waals surface area (Å²) in [6, 6.07) is 9.55. The van der Waals surface area contributed by atoms with Gasteiger partial charge >= 0.3 is 0 Å². The minimum Gasteiger partial charge on any atom is -0.347 e. The molecule has 1 aromatic heterocycles. The lowest BCUT2D eigenvalue weighted by Crippen LogP contribution is -2.23. The van der Waals surface area contributed by atoms with Gasteiger partial charge in [-0.1, -0.05) is 35.5 Å². The molecule has 0 atom stereocenters. The molecule has 0 aliphatic heterocycles. The van der Waals surface area contributed by atoms with Gasteiger partial charge in [0.15, 0.2) is 5.69 Å². The molecule has 6 heteroatoms. The summed E-state index contributed by atoms with van der Waals surface area (Å²) in [5, 5.41) is 10.1. The van der Waals surface area contributed by atoms with Gasteiger partial charge in [-0.2, -0.15) is 0 Å². The number of aryl methyl sites for hydroxylation is 1. The van der Waals surface area contributed by atoms with E-state index >= 15 is 0 Å². The molecule has 0 bridgehead atoms. The molecule has 0 saturated carbocycles. The monoisotopic (exact) mass is 248 g/mol. The van der Waals surface area contributed by atoms with Gasteiger partial charge in [0.1, 0.15) is 6.67 Å². The maximum absolute atomic E-state index is 12.1. The van der Waals surface area contributed by atoms with Crippen molar-refractivity contribution in [2.45, 2.75) is 13.1 Å². The van der Waals surface area contributed by atoms with Crippen molar-refractivity contribution in [2.24, 2.45) is 0 Å². The van der Waals surface area contributed by atoms with Gasteiger partial charge in [0.25, 0.3) is 5.91 Å². The molecule has 5 nitrogen and oxygen atoms in total. The first-order valence-corrected chi connectivity index (χ1v) is 5.58. The number of halogens is 1. The Bertz CT molecular complexity index is 512. The van der Waals surface area contributed by atoms with Crippen LogP contribution in [-0.2, 0) is 13.1 Å². The molecule has 0 saturated heterocycles. The fourth-order valence-electron chi connectivity index (χ4n) is 1.47. The highest BCUT2D eigenvalue weighted by Crippen LogP contribution is 1.99. The second-order valence-electron chi connectivity index (χ2n) is 3.72. The van der Waals surface area contributed by atoms with E-state index < -0.39 is 6.67 Å². The van der Waals surface area contributed by atoms with Gasteiger partial charge in [-0.15, -0.1) is 5.10 Å². The van der Waals surface area contributed by atoms with Crippen LogP contribution < -0.4 is 5.32 Å². The van der Waals surface area contributed by atoms with E-state index in [4.69, 9.17) is 0 Å². The van der Waals surface area contributed by atoms with E-state index in [1.807, 2.05) is 30.3 Å². The third-order valence-electron chi connectivity index (χ3n) is 2.38. The molecule has 1 N–H and O–H groups in total. The first-order valence-electron chi connectivity index (χ1n) is 5.58. The first-order chi connectivity index (χ1) is 8.79. The van der Waals surface area contributed by atoms with Gasteiger partial charge in [0, 0.05) is 6.54 Å². The lowest BCUT2D eigenvalue weighted by Gasteiger charge is -2.02. The van der Waals surface area contributed by atoms with E-state index in [9.17, 15) is 9.18 Å². The van der Waals surface area contributed by atoms with Crippen LogP contribution in [0, 0.1) is 0 Å². The van der Waals surface area contributed by atoms with Crippen molar-refractivity contribution >= 4 is 5.91 Å². The summed E-state index contributed by atoms with van der Waals surface area (Å²) in [4.78, 5) is 11.7. The molecular formula is C12H13FN4O. The Kier molecular flexibility index (Phi) is 4.01. The van der Waals surface area contributed by atoms with Gasteiger partial charge in [0.05, 0.1) is 12.7 Å². The number of nitrogens with zero attached hydrogens (tertiary/aromatic N) is 3. The van der Waals surface area contributed by atoms with Crippen LogP contribution in [0.15, 0.2) is 36.5 Å². The maximum atomic E-state index is 12.1. The fourth-order valence-corrected chi connectivity index (χ4v) is 1.47. The molecule has 0 fully saturated rings. The summed E-state index contributed by atoms with van der Waals surface area (Å²) >= 11 is 0. The molecule has 2 rings (SSSR count). The number of hydrogen-bond donors (Lipinski definition) is 1. The number of amides is 1. The molecule has 0 aliphatic rings. The van der Waals surface area contributed by atoms with Crippen molar-refractivity contribution in [3.63, 3.8) is 0 Å². The largest absolute Gasteiger partial charge is 0.347 e. The number of hydrogen-bond acceptors (Lipinski definition) is 3. The van der Waals surface area contributed by atoms with Gasteiger partial charge in [-0.25, -0.2) is 9.07 Å². The molecule has 18 heavy (non-hydrogen) atoms.